The summed E-state index contributed by atoms with van der Waals surface area (Å²) in [6.45, 7) is 1.90. The highest BCUT2D eigenvalue weighted by atomic mass is 32.1. The van der Waals surface area contributed by atoms with Gasteiger partial charge in [0.1, 0.15) is 5.00 Å². The fourth-order valence-electron chi connectivity index (χ4n) is 4.59. The van der Waals surface area contributed by atoms with Crippen LogP contribution in [0.25, 0.3) is 5.65 Å². The predicted molar refractivity (Wildman–Crippen MR) is 112 cm³/mol. The second-order valence-electron chi connectivity index (χ2n) is 8.55. The molecule has 2 fully saturated rings. The number of ether oxygens (including phenoxy) is 1. The Balaban J connectivity index is 1.30. The van der Waals surface area contributed by atoms with Gasteiger partial charge < -0.3 is 15.0 Å². The van der Waals surface area contributed by atoms with E-state index in [1.54, 1.807) is 0 Å². The van der Waals surface area contributed by atoms with Crippen molar-refractivity contribution < 1.29 is 26.7 Å². The third-order valence-corrected chi connectivity index (χ3v) is 7.15. The Morgan fingerprint density at radius 1 is 1.18 bits per heavy atom. The Morgan fingerprint density at radius 2 is 1.91 bits per heavy atom. The maximum Gasteiger partial charge on any atom is 0.456 e. The second kappa shape index (κ2) is 7.96. The molecule has 7 nitrogen and oxygen atoms in total. The van der Waals surface area contributed by atoms with Gasteiger partial charge in [0, 0.05) is 25.3 Å². The lowest BCUT2D eigenvalue weighted by molar-refractivity contribution is -0.289. The third kappa shape index (κ3) is 4.18. The molecule has 0 radical (unpaired) electrons. The Kier molecular flexibility index (Phi) is 5.33. The fraction of sp³-hybridized carbons (Fsp3) is 0.550. The maximum atomic E-state index is 13.3. The van der Waals surface area contributed by atoms with Crippen LogP contribution in [0.5, 0.6) is 5.75 Å². The van der Waals surface area contributed by atoms with Gasteiger partial charge in [-0.25, -0.2) is 4.52 Å². The normalized spacial score (nSPS) is 23.3. The summed E-state index contributed by atoms with van der Waals surface area (Å²) in [5.74, 6) is -4.12. The van der Waals surface area contributed by atoms with E-state index < -0.39 is 18.7 Å². The van der Waals surface area contributed by atoms with Crippen LogP contribution in [0.15, 0.2) is 24.4 Å². The molecule has 178 valence electrons. The number of hydrogen-bond donors (Lipinski definition) is 1. The number of hydrogen-bond acceptors (Lipinski definition) is 7. The van der Waals surface area contributed by atoms with Crippen molar-refractivity contribution in [1.82, 2.24) is 19.0 Å². The van der Waals surface area contributed by atoms with Gasteiger partial charge in [-0.3, -0.25) is 0 Å². The van der Waals surface area contributed by atoms with Gasteiger partial charge >= 0.3 is 12.1 Å². The van der Waals surface area contributed by atoms with Gasteiger partial charge in [0.25, 0.3) is 0 Å². The first kappa shape index (κ1) is 22.1. The first-order chi connectivity index (χ1) is 15.6. The van der Waals surface area contributed by atoms with E-state index in [1.165, 1.54) is 34.4 Å². The van der Waals surface area contributed by atoms with Crippen molar-refractivity contribution in [2.45, 2.75) is 37.9 Å². The van der Waals surface area contributed by atoms with E-state index >= 15 is 0 Å². The molecule has 5 rings (SSSR count). The summed E-state index contributed by atoms with van der Waals surface area (Å²) in [5.41, 5.74) is 1.07. The lowest BCUT2D eigenvalue weighted by atomic mass is 9.92. The molecule has 1 N–H and O–H groups in total. The Labute approximate surface area is 189 Å². The Hall–Kier alpha value is -2.70. The standard InChI is InChI=1S/C20H21F5N6OS/c1-11-7-15(33-29-11)30-8-12-4-5-13(9-30)16(12)26-18-27-17-14(3-2-6-31(17)28-18)32-10-19(21,22)20(23,24)25/h2-3,6-7,12-13,16H,4-5,8-10H2,1H3,(H,26,28)/t12-,13+,16-. The number of pyridine rings is 1. The Bertz CT molecular complexity index is 1130. The van der Waals surface area contributed by atoms with E-state index in [0.29, 0.717) is 11.8 Å². The summed E-state index contributed by atoms with van der Waals surface area (Å²) in [5, 5.41) is 8.85. The van der Waals surface area contributed by atoms with Crippen LogP contribution in [0.2, 0.25) is 0 Å². The molecule has 2 aliphatic rings. The van der Waals surface area contributed by atoms with Crippen molar-refractivity contribution in [2.24, 2.45) is 11.8 Å². The number of aryl methyl sites for hydroxylation is 1. The molecule has 0 spiro atoms. The van der Waals surface area contributed by atoms with E-state index in [-0.39, 0.29) is 23.4 Å². The SMILES string of the molecule is Cc1cc(N2C[C@H]3CC[C@@H](C2)[C@@H]3Nc2nc3c(OCC(F)(F)C(F)(F)F)cccn3n2)sn1. The number of rotatable bonds is 6. The first-order valence-corrected chi connectivity index (χ1v) is 11.3. The van der Waals surface area contributed by atoms with Crippen molar-refractivity contribution in [3.63, 3.8) is 0 Å². The van der Waals surface area contributed by atoms with Gasteiger partial charge in [0.2, 0.25) is 5.95 Å². The van der Waals surface area contributed by atoms with Crippen molar-refractivity contribution in [3.8, 4) is 5.75 Å². The highest BCUT2D eigenvalue weighted by molar-refractivity contribution is 7.10. The summed E-state index contributed by atoms with van der Waals surface area (Å²) in [7, 11) is 0. The first-order valence-electron chi connectivity index (χ1n) is 10.5. The largest absolute Gasteiger partial charge is 0.483 e. The van der Waals surface area contributed by atoms with Crippen LogP contribution in [0.1, 0.15) is 18.5 Å². The quantitative estimate of drug-likeness (QED) is 0.519. The molecule has 3 aromatic rings. The number of alkyl halides is 5. The van der Waals surface area contributed by atoms with Crippen LogP contribution >= 0.6 is 11.5 Å². The van der Waals surface area contributed by atoms with Crippen LogP contribution < -0.4 is 15.0 Å². The third-order valence-electron chi connectivity index (χ3n) is 6.21. The van der Waals surface area contributed by atoms with Crippen molar-refractivity contribution in [1.29, 1.82) is 0 Å². The molecular formula is C20H21F5N6OS. The minimum absolute atomic E-state index is 0.0721. The zero-order valence-corrected chi connectivity index (χ0v) is 18.3. The van der Waals surface area contributed by atoms with Crippen molar-refractivity contribution in [3.05, 3.63) is 30.1 Å². The van der Waals surface area contributed by atoms with Crippen LogP contribution in [0.3, 0.4) is 0 Å². The van der Waals surface area contributed by atoms with Crippen LogP contribution in [-0.2, 0) is 0 Å². The number of aromatic nitrogens is 4. The van der Waals surface area contributed by atoms with Crippen LogP contribution in [-0.4, -0.2) is 56.8 Å². The summed E-state index contributed by atoms with van der Waals surface area (Å²) >= 11 is 1.50. The molecule has 0 unspecified atom stereocenters. The van der Waals surface area contributed by atoms with E-state index in [2.05, 4.69) is 30.7 Å². The molecule has 3 aromatic heterocycles. The molecule has 2 bridgehead atoms. The lowest BCUT2D eigenvalue weighted by Crippen LogP contribution is -2.48. The minimum atomic E-state index is -5.69. The molecule has 1 saturated heterocycles. The minimum Gasteiger partial charge on any atom is -0.483 e. The van der Waals surface area contributed by atoms with Gasteiger partial charge in [-0.05, 0) is 61.3 Å². The summed E-state index contributed by atoms with van der Waals surface area (Å²) in [4.78, 5) is 6.67. The molecule has 13 heteroatoms. The number of piperidine rings is 1. The lowest BCUT2D eigenvalue weighted by Gasteiger charge is -2.38. The number of nitrogens with zero attached hydrogens (tertiary/aromatic N) is 5. The number of fused-ring (bicyclic) bond motifs is 3. The van der Waals surface area contributed by atoms with Gasteiger partial charge in [-0.2, -0.15) is 31.3 Å². The smallest absolute Gasteiger partial charge is 0.456 e. The van der Waals surface area contributed by atoms with Crippen LogP contribution in [0, 0.1) is 18.8 Å². The average molecular weight is 488 g/mol. The number of halogens is 5. The topological polar surface area (TPSA) is 67.6 Å². The summed E-state index contributed by atoms with van der Waals surface area (Å²) in [6.07, 6.45) is -2.04. The van der Waals surface area contributed by atoms with Crippen molar-refractivity contribution in [2.75, 3.05) is 29.9 Å². The van der Waals surface area contributed by atoms with Gasteiger partial charge in [-0.1, -0.05) is 0 Å². The molecule has 1 aliphatic heterocycles. The monoisotopic (exact) mass is 488 g/mol. The van der Waals surface area contributed by atoms with Gasteiger partial charge in [0.15, 0.2) is 18.0 Å². The molecule has 0 aromatic carbocycles. The average Bonchev–Trinajstić information content (AvgIpc) is 3.41. The number of anilines is 2. The van der Waals surface area contributed by atoms with Crippen molar-refractivity contribution >= 4 is 28.1 Å². The summed E-state index contributed by atoms with van der Waals surface area (Å²) in [6, 6.07) is 4.97. The summed E-state index contributed by atoms with van der Waals surface area (Å²) < 4.78 is 74.4. The maximum absolute atomic E-state index is 13.3. The van der Waals surface area contributed by atoms with E-state index in [1.807, 2.05) is 6.92 Å². The molecule has 1 aliphatic carbocycles. The molecule has 0 amide bonds. The van der Waals surface area contributed by atoms with Crippen LogP contribution in [0.4, 0.5) is 32.9 Å². The zero-order valence-electron chi connectivity index (χ0n) is 17.5. The molecule has 1 saturated carbocycles. The molecule has 3 atom stereocenters. The van der Waals surface area contributed by atoms with E-state index in [9.17, 15) is 22.0 Å². The van der Waals surface area contributed by atoms with Gasteiger partial charge in [0.05, 0.1) is 5.69 Å². The molecular weight excluding hydrogens is 467 g/mol. The highest BCUT2D eigenvalue weighted by Crippen LogP contribution is 2.41. The second-order valence-corrected chi connectivity index (χ2v) is 9.33. The fourth-order valence-corrected chi connectivity index (χ4v) is 5.37. The predicted octanol–water partition coefficient (Wildman–Crippen LogP) is 4.40. The molecule has 4 heterocycles. The van der Waals surface area contributed by atoms with E-state index in [4.69, 9.17) is 4.74 Å². The van der Waals surface area contributed by atoms with E-state index in [0.717, 1.165) is 36.6 Å². The highest BCUT2D eigenvalue weighted by Gasteiger charge is 2.58. The molecule has 33 heavy (non-hydrogen) atoms. The Morgan fingerprint density at radius 3 is 2.55 bits per heavy atom. The van der Waals surface area contributed by atoms with Gasteiger partial charge in [-0.15, -0.1) is 5.10 Å². The number of nitrogens with one attached hydrogen (secondary N) is 1. The zero-order chi connectivity index (χ0) is 23.4.